The molecule has 31 heavy (non-hydrogen) atoms. The Hall–Kier alpha value is -3.85. The fraction of sp³-hybridized carbons (Fsp3) is 0.0909. The number of thiazole rings is 1. The lowest BCUT2D eigenvalue weighted by molar-refractivity contribution is -0.119. The van der Waals surface area contributed by atoms with E-state index in [0.717, 1.165) is 0 Å². The quantitative estimate of drug-likeness (QED) is 0.418. The van der Waals surface area contributed by atoms with Crippen LogP contribution >= 0.6 is 11.3 Å². The number of benzene rings is 2. The molecule has 0 aliphatic carbocycles. The number of pyridine rings is 1. The van der Waals surface area contributed by atoms with E-state index in [0.29, 0.717) is 32.1 Å². The SMILES string of the molecule is O=C(Cn1c(=O)oc2ccccc21)N(Cc1ccccn1)c1nc2ccc(F)cc2s1. The zero-order chi connectivity index (χ0) is 21.4. The molecule has 9 heteroatoms. The summed E-state index contributed by atoms with van der Waals surface area (Å²) in [6.45, 7) is -0.0700. The van der Waals surface area contributed by atoms with Crippen LogP contribution in [0.2, 0.25) is 0 Å². The van der Waals surface area contributed by atoms with Gasteiger partial charge >= 0.3 is 5.76 Å². The molecule has 7 nitrogen and oxygen atoms in total. The highest BCUT2D eigenvalue weighted by molar-refractivity contribution is 7.22. The lowest BCUT2D eigenvalue weighted by atomic mass is 10.3. The Kier molecular flexibility index (Phi) is 4.79. The van der Waals surface area contributed by atoms with Gasteiger partial charge in [0.2, 0.25) is 5.91 Å². The molecule has 1 amide bonds. The minimum Gasteiger partial charge on any atom is -0.408 e. The molecule has 154 valence electrons. The van der Waals surface area contributed by atoms with Crippen LogP contribution in [0.1, 0.15) is 5.69 Å². The van der Waals surface area contributed by atoms with Crippen molar-refractivity contribution in [1.82, 2.24) is 14.5 Å². The van der Waals surface area contributed by atoms with Crippen molar-refractivity contribution in [3.63, 3.8) is 0 Å². The maximum atomic E-state index is 13.6. The maximum absolute atomic E-state index is 13.6. The maximum Gasteiger partial charge on any atom is 0.420 e. The molecule has 0 N–H and O–H groups in total. The number of hydrogen-bond donors (Lipinski definition) is 0. The molecule has 5 aromatic rings. The van der Waals surface area contributed by atoms with Gasteiger partial charge in [0, 0.05) is 6.20 Å². The Bertz CT molecular complexity index is 1460. The number of carbonyl (C=O) groups excluding carboxylic acids is 1. The second-order valence-electron chi connectivity index (χ2n) is 6.83. The first-order valence-electron chi connectivity index (χ1n) is 9.43. The molecule has 0 fully saturated rings. The number of aromatic nitrogens is 3. The molecule has 0 spiro atoms. The van der Waals surface area contributed by atoms with Crippen LogP contribution in [-0.2, 0) is 17.9 Å². The Labute approximate surface area is 179 Å². The van der Waals surface area contributed by atoms with Gasteiger partial charge in [-0.3, -0.25) is 19.2 Å². The van der Waals surface area contributed by atoms with Gasteiger partial charge in [-0.25, -0.2) is 14.2 Å². The van der Waals surface area contributed by atoms with Crippen molar-refractivity contribution in [2.75, 3.05) is 4.90 Å². The highest BCUT2D eigenvalue weighted by atomic mass is 32.1. The van der Waals surface area contributed by atoms with Gasteiger partial charge in [-0.2, -0.15) is 0 Å². The molecule has 3 heterocycles. The summed E-state index contributed by atoms with van der Waals surface area (Å²) >= 11 is 1.20. The molecular formula is C22H15FN4O3S. The number of rotatable bonds is 5. The van der Waals surface area contributed by atoms with Crippen LogP contribution in [0.15, 0.2) is 76.1 Å². The van der Waals surface area contributed by atoms with E-state index in [4.69, 9.17) is 4.42 Å². The van der Waals surface area contributed by atoms with Crippen molar-refractivity contribution in [2.45, 2.75) is 13.1 Å². The number of para-hydroxylation sites is 2. The van der Waals surface area contributed by atoms with E-state index < -0.39 is 5.76 Å². The van der Waals surface area contributed by atoms with Gasteiger partial charge in [-0.1, -0.05) is 29.5 Å². The normalized spacial score (nSPS) is 11.3. The summed E-state index contributed by atoms with van der Waals surface area (Å²) in [4.78, 5) is 35.9. The number of hydrogen-bond acceptors (Lipinski definition) is 6. The summed E-state index contributed by atoms with van der Waals surface area (Å²) in [5.74, 6) is -1.35. The van der Waals surface area contributed by atoms with E-state index in [1.807, 2.05) is 6.07 Å². The number of carbonyl (C=O) groups is 1. The first-order chi connectivity index (χ1) is 15.1. The topological polar surface area (TPSA) is 81.2 Å². The third-order valence-corrected chi connectivity index (χ3v) is 5.83. The van der Waals surface area contributed by atoms with E-state index in [9.17, 15) is 14.0 Å². The fourth-order valence-electron chi connectivity index (χ4n) is 3.30. The molecule has 0 saturated heterocycles. The average molecular weight is 434 g/mol. The van der Waals surface area contributed by atoms with Crippen LogP contribution in [0.25, 0.3) is 21.3 Å². The number of fused-ring (bicyclic) bond motifs is 2. The molecule has 0 radical (unpaired) electrons. The standard InChI is InChI=1S/C22H15FN4O3S/c23-14-8-9-16-19(11-14)31-21(25-16)27(12-15-5-3-4-10-24-15)20(28)13-26-17-6-1-2-7-18(17)30-22(26)29/h1-11H,12-13H2. The molecule has 0 unspecified atom stereocenters. The number of nitrogens with zero attached hydrogens (tertiary/aromatic N) is 4. The average Bonchev–Trinajstić information content (AvgIpc) is 3.33. The summed E-state index contributed by atoms with van der Waals surface area (Å²) in [7, 11) is 0. The third-order valence-electron chi connectivity index (χ3n) is 4.78. The van der Waals surface area contributed by atoms with E-state index >= 15 is 0 Å². The van der Waals surface area contributed by atoms with Crippen molar-refractivity contribution in [3.8, 4) is 0 Å². The Morgan fingerprint density at radius 3 is 2.81 bits per heavy atom. The van der Waals surface area contributed by atoms with Crippen LogP contribution in [0, 0.1) is 5.82 Å². The number of amides is 1. The van der Waals surface area contributed by atoms with Gasteiger partial charge in [-0.15, -0.1) is 0 Å². The molecule has 5 rings (SSSR count). The van der Waals surface area contributed by atoms with Crippen molar-refractivity contribution >= 4 is 43.7 Å². The Morgan fingerprint density at radius 1 is 1.13 bits per heavy atom. The van der Waals surface area contributed by atoms with E-state index in [2.05, 4.69) is 9.97 Å². The summed E-state index contributed by atoms with van der Waals surface area (Å²) in [5.41, 5.74) is 2.19. The van der Waals surface area contributed by atoms with Crippen LogP contribution in [0.5, 0.6) is 0 Å². The summed E-state index contributed by atoms with van der Waals surface area (Å²) in [6, 6.07) is 16.6. The van der Waals surface area contributed by atoms with Crippen molar-refractivity contribution in [2.24, 2.45) is 0 Å². The zero-order valence-electron chi connectivity index (χ0n) is 16.1. The first-order valence-corrected chi connectivity index (χ1v) is 10.2. The Balaban J connectivity index is 1.54. The minimum absolute atomic E-state index is 0.159. The number of halogens is 1. The van der Waals surface area contributed by atoms with Crippen molar-refractivity contribution < 1.29 is 13.6 Å². The van der Waals surface area contributed by atoms with Gasteiger partial charge in [0.1, 0.15) is 12.4 Å². The van der Waals surface area contributed by atoms with Gasteiger partial charge in [0.05, 0.1) is 28.0 Å². The van der Waals surface area contributed by atoms with E-state index in [1.165, 1.54) is 32.9 Å². The second kappa shape index (κ2) is 7.77. The largest absolute Gasteiger partial charge is 0.420 e. The molecule has 3 aromatic heterocycles. The van der Waals surface area contributed by atoms with Gasteiger partial charge in [0.25, 0.3) is 0 Å². The number of anilines is 1. The molecule has 0 bridgehead atoms. The molecule has 2 aromatic carbocycles. The van der Waals surface area contributed by atoms with E-state index in [-0.39, 0.29) is 24.8 Å². The zero-order valence-corrected chi connectivity index (χ0v) is 16.9. The van der Waals surface area contributed by atoms with Crippen LogP contribution in [-0.4, -0.2) is 20.4 Å². The molecule has 0 saturated carbocycles. The summed E-state index contributed by atoms with van der Waals surface area (Å²) in [5, 5.41) is 0.400. The second-order valence-corrected chi connectivity index (χ2v) is 7.84. The van der Waals surface area contributed by atoms with Crippen molar-refractivity contribution in [3.05, 3.63) is 88.9 Å². The minimum atomic E-state index is -0.612. The third kappa shape index (κ3) is 3.71. The molecule has 0 aliphatic heterocycles. The summed E-state index contributed by atoms with van der Waals surface area (Å²) in [6.07, 6.45) is 1.64. The molecular weight excluding hydrogens is 419 g/mol. The van der Waals surface area contributed by atoms with Crippen molar-refractivity contribution in [1.29, 1.82) is 0 Å². The lowest BCUT2D eigenvalue weighted by Gasteiger charge is -2.19. The van der Waals surface area contributed by atoms with Crippen LogP contribution in [0.3, 0.4) is 0 Å². The van der Waals surface area contributed by atoms with Crippen LogP contribution in [0.4, 0.5) is 9.52 Å². The smallest absolute Gasteiger partial charge is 0.408 e. The fourth-order valence-corrected chi connectivity index (χ4v) is 4.31. The summed E-state index contributed by atoms with van der Waals surface area (Å²) < 4.78 is 20.8. The Morgan fingerprint density at radius 2 is 1.97 bits per heavy atom. The lowest BCUT2D eigenvalue weighted by Crippen LogP contribution is -2.35. The highest BCUT2D eigenvalue weighted by Crippen LogP contribution is 2.30. The highest BCUT2D eigenvalue weighted by Gasteiger charge is 2.23. The van der Waals surface area contributed by atoms with Gasteiger partial charge < -0.3 is 4.42 Å². The molecule has 0 atom stereocenters. The monoisotopic (exact) mass is 434 g/mol. The molecule has 0 aliphatic rings. The van der Waals surface area contributed by atoms with Gasteiger partial charge in [-0.05, 0) is 42.5 Å². The van der Waals surface area contributed by atoms with E-state index in [1.54, 1.807) is 48.7 Å². The van der Waals surface area contributed by atoms with Crippen LogP contribution < -0.4 is 10.7 Å². The number of oxazole rings is 1. The first kappa shape index (κ1) is 19.1. The predicted octanol–water partition coefficient (Wildman–Crippen LogP) is 3.97. The predicted molar refractivity (Wildman–Crippen MR) is 115 cm³/mol. The van der Waals surface area contributed by atoms with Gasteiger partial charge in [0.15, 0.2) is 10.7 Å².